The first-order valence-corrected chi connectivity index (χ1v) is 8.12. The summed E-state index contributed by atoms with van der Waals surface area (Å²) >= 11 is 5.49. The normalized spacial score (nSPS) is 11.8. The number of nitrogens with one attached hydrogen (secondary N) is 2. The van der Waals surface area contributed by atoms with E-state index in [1.54, 1.807) is 0 Å². The molecule has 0 radical (unpaired) electrons. The molecule has 0 saturated carbocycles. The minimum Gasteiger partial charge on any atom is -0.356 e. The van der Waals surface area contributed by atoms with Gasteiger partial charge in [-0.1, -0.05) is 48.9 Å². The third-order valence-electron chi connectivity index (χ3n) is 4.05. The minimum atomic E-state index is 0.228. The summed E-state index contributed by atoms with van der Waals surface area (Å²) < 4.78 is 0. The van der Waals surface area contributed by atoms with E-state index < -0.39 is 0 Å². The highest BCUT2D eigenvalue weighted by molar-refractivity contribution is 7.80. The number of benzene rings is 2. The van der Waals surface area contributed by atoms with Crippen LogP contribution in [0.4, 0.5) is 5.69 Å². The van der Waals surface area contributed by atoms with Crippen LogP contribution >= 0.6 is 12.2 Å². The quantitative estimate of drug-likeness (QED) is 0.773. The van der Waals surface area contributed by atoms with E-state index in [1.165, 1.54) is 22.3 Å². The zero-order chi connectivity index (χ0) is 16.1. The van der Waals surface area contributed by atoms with Crippen LogP contribution in [0.15, 0.2) is 42.5 Å². The first kappa shape index (κ1) is 16.5. The van der Waals surface area contributed by atoms with Crippen molar-refractivity contribution >= 4 is 23.0 Å². The Kier molecular flexibility index (Phi) is 5.56. The molecule has 1 atom stereocenters. The van der Waals surface area contributed by atoms with Gasteiger partial charge in [-0.15, -0.1) is 0 Å². The van der Waals surface area contributed by atoms with Crippen molar-refractivity contribution in [2.45, 2.75) is 40.2 Å². The highest BCUT2D eigenvalue weighted by Crippen LogP contribution is 2.20. The minimum absolute atomic E-state index is 0.228. The molecule has 2 nitrogen and oxygen atoms in total. The number of hydrogen-bond donors (Lipinski definition) is 2. The topological polar surface area (TPSA) is 24.1 Å². The Hall–Kier alpha value is -1.87. The third kappa shape index (κ3) is 4.08. The van der Waals surface area contributed by atoms with Crippen molar-refractivity contribution in [3.8, 4) is 0 Å². The number of aryl methyl sites for hydroxylation is 2. The van der Waals surface area contributed by atoms with Crippen molar-refractivity contribution in [2.75, 3.05) is 5.32 Å². The summed E-state index contributed by atoms with van der Waals surface area (Å²) in [5, 5.41) is 7.40. The molecule has 2 aromatic rings. The molecular weight excluding hydrogens is 288 g/mol. The van der Waals surface area contributed by atoms with Gasteiger partial charge in [0.25, 0.3) is 0 Å². The molecule has 2 rings (SSSR count). The number of rotatable bonds is 4. The largest absolute Gasteiger partial charge is 0.356 e. The van der Waals surface area contributed by atoms with Gasteiger partial charge < -0.3 is 10.6 Å². The monoisotopic (exact) mass is 312 g/mol. The lowest BCUT2D eigenvalue weighted by molar-refractivity contribution is 0.629. The number of hydrogen-bond acceptors (Lipinski definition) is 1. The Labute approximate surface area is 139 Å². The summed E-state index contributed by atoms with van der Waals surface area (Å²) in [7, 11) is 0. The highest BCUT2D eigenvalue weighted by Gasteiger charge is 2.11. The summed E-state index contributed by atoms with van der Waals surface area (Å²) in [5.74, 6) is 0. The molecule has 0 aliphatic carbocycles. The van der Waals surface area contributed by atoms with Crippen LogP contribution in [0.25, 0.3) is 0 Å². The van der Waals surface area contributed by atoms with E-state index in [9.17, 15) is 0 Å². The van der Waals surface area contributed by atoms with Gasteiger partial charge in [0, 0.05) is 5.69 Å². The van der Waals surface area contributed by atoms with E-state index in [2.05, 4.69) is 74.7 Å². The van der Waals surface area contributed by atoms with Crippen LogP contribution < -0.4 is 10.6 Å². The fraction of sp³-hybridized carbons (Fsp3) is 0.316. The predicted octanol–water partition coefficient (Wildman–Crippen LogP) is 5.05. The van der Waals surface area contributed by atoms with Gasteiger partial charge in [0.2, 0.25) is 0 Å². The molecule has 0 amide bonds. The van der Waals surface area contributed by atoms with Crippen molar-refractivity contribution in [3.05, 3.63) is 64.7 Å². The average molecular weight is 312 g/mol. The lowest BCUT2D eigenvalue weighted by Gasteiger charge is -2.21. The van der Waals surface area contributed by atoms with Gasteiger partial charge in [-0.25, -0.2) is 0 Å². The molecule has 0 aliphatic heterocycles. The molecule has 0 aliphatic rings. The third-order valence-corrected chi connectivity index (χ3v) is 4.27. The molecule has 0 saturated heterocycles. The van der Waals surface area contributed by atoms with Crippen LogP contribution in [0, 0.1) is 20.8 Å². The maximum atomic E-state index is 5.49. The molecule has 0 heterocycles. The summed E-state index contributed by atoms with van der Waals surface area (Å²) in [5.41, 5.74) is 6.09. The fourth-order valence-electron chi connectivity index (χ4n) is 2.42. The predicted molar refractivity (Wildman–Crippen MR) is 99.5 cm³/mol. The molecule has 0 aromatic heterocycles. The average Bonchev–Trinajstić information content (AvgIpc) is 2.50. The van der Waals surface area contributed by atoms with Crippen LogP contribution in [0.5, 0.6) is 0 Å². The smallest absolute Gasteiger partial charge is 0.171 e. The van der Waals surface area contributed by atoms with Crippen LogP contribution in [0.2, 0.25) is 0 Å². The van der Waals surface area contributed by atoms with E-state index in [0.29, 0.717) is 5.11 Å². The van der Waals surface area contributed by atoms with Crippen molar-refractivity contribution in [1.82, 2.24) is 5.32 Å². The van der Waals surface area contributed by atoms with Crippen molar-refractivity contribution < 1.29 is 0 Å². The van der Waals surface area contributed by atoms with Gasteiger partial charge in [0.1, 0.15) is 0 Å². The summed E-state index contributed by atoms with van der Waals surface area (Å²) in [6, 6.07) is 15.0. The van der Waals surface area contributed by atoms with Crippen LogP contribution in [0.3, 0.4) is 0 Å². The number of anilines is 1. The molecule has 0 spiro atoms. The zero-order valence-corrected chi connectivity index (χ0v) is 14.6. The summed E-state index contributed by atoms with van der Waals surface area (Å²) in [6.07, 6.45) is 0.984. The Balaban J connectivity index is 2.06. The van der Waals surface area contributed by atoms with E-state index in [1.807, 2.05) is 6.07 Å². The molecule has 2 N–H and O–H groups in total. The summed E-state index contributed by atoms with van der Waals surface area (Å²) in [6.45, 7) is 8.48. The fourth-order valence-corrected chi connectivity index (χ4v) is 2.68. The van der Waals surface area contributed by atoms with E-state index in [0.717, 1.165) is 12.1 Å². The second kappa shape index (κ2) is 7.41. The van der Waals surface area contributed by atoms with E-state index in [4.69, 9.17) is 12.2 Å². The lowest BCUT2D eigenvalue weighted by Crippen LogP contribution is -2.32. The molecule has 0 unspecified atom stereocenters. The van der Waals surface area contributed by atoms with Gasteiger partial charge in [-0.3, -0.25) is 0 Å². The molecule has 2 aromatic carbocycles. The molecule has 0 bridgehead atoms. The Morgan fingerprint density at radius 1 is 1.05 bits per heavy atom. The molecule has 116 valence electrons. The van der Waals surface area contributed by atoms with Crippen molar-refractivity contribution in [2.24, 2.45) is 0 Å². The SMILES string of the molecule is CC[C@@H](NC(=S)Nc1cccc(C)c1C)c1ccc(C)cc1. The van der Waals surface area contributed by atoms with E-state index in [-0.39, 0.29) is 6.04 Å². The van der Waals surface area contributed by atoms with E-state index >= 15 is 0 Å². The van der Waals surface area contributed by atoms with Crippen LogP contribution in [-0.4, -0.2) is 5.11 Å². The maximum absolute atomic E-state index is 5.49. The molecule has 3 heteroatoms. The van der Waals surface area contributed by atoms with Crippen LogP contribution in [-0.2, 0) is 0 Å². The van der Waals surface area contributed by atoms with Crippen molar-refractivity contribution in [3.63, 3.8) is 0 Å². The zero-order valence-electron chi connectivity index (χ0n) is 13.7. The van der Waals surface area contributed by atoms with Gasteiger partial charge >= 0.3 is 0 Å². The second-order valence-electron chi connectivity index (χ2n) is 5.72. The molecular formula is C19H24N2S. The Morgan fingerprint density at radius 3 is 2.36 bits per heavy atom. The Morgan fingerprint density at radius 2 is 1.73 bits per heavy atom. The Bertz CT molecular complexity index is 647. The second-order valence-corrected chi connectivity index (χ2v) is 6.13. The first-order valence-electron chi connectivity index (χ1n) is 7.71. The lowest BCUT2D eigenvalue weighted by atomic mass is 10.0. The van der Waals surface area contributed by atoms with Gasteiger partial charge in [0.05, 0.1) is 6.04 Å². The van der Waals surface area contributed by atoms with Gasteiger partial charge in [0.15, 0.2) is 5.11 Å². The maximum Gasteiger partial charge on any atom is 0.171 e. The first-order chi connectivity index (χ1) is 10.5. The standard InChI is InChI=1S/C19H24N2S/c1-5-17(16-11-9-13(2)10-12-16)20-19(22)21-18-8-6-7-14(3)15(18)4/h6-12,17H,5H2,1-4H3,(H2,20,21,22)/t17-/m1/s1. The number of thiocarbonyl (C=S) groups is 1. The van der Waals surface area contributed by atoms with Crippen LogP contribution in [0.1, 0.15) is 41.6 Å². The molecule has 22 heavy (non-hydrogen) atoms. The van der Waals surface area contributed by atoms with Crippen molar-refractivity contribution in [1.29, 1.82) is 0 Å². The van der Waals surface area contributed by atoms with Gasteiger partial charge in [-0.2, -0.15) is 0 Å². The molecule has 0 fully saturated rings. The summed E-state index contributed by atoms with van der Waals surface area (Å²) in [4.78, 5) is 0. The highest BCUT2D eigenvalue weighted by atomic mass is 32.1. The van der Waals surface area contributed by atoms with Gasteiger partial charge in [-0.05, 0) is 62.2 Å².